The summed E-state index contributed by atoms with van der Waals surface area (Å²) in [5.41, 5.74) is 4.60. The molecular weight excluding hydrogens is 228 g/mol. The fraction of sp³-hybridized carbons (Fsp3) is 0.368. The van der Waals surface area contributed by atoms with Crippen molar-refractivity contribution in [3.05, 3.63) is 71.3 Å². The molecule has 0 atom stereocenters. The quantitative estimate of drug-likeness (QED) is 0.672. The van der Waals surface area contributed by atoms with Crippen molar-refractivity contribution in [2.45, 2.75) is 45.4 Å². The lowest BCUT2D eigenvalue weighted by Gasteiger charge is -2.35. The standard InChI is InChI=1S/C19H24/c1-4-16-12-10-11-15-18(16)19(5-2,6-3)17-13-8-7-9-14-17/h7-15H,4-6H2,1-3H3. The van der Waals surface area contributed by atoms with Crippen LogP contribution in [0.25, 0.3) is 0 Å². The van der Waals surface area contributed by atoms with Gasteiger partial charge in [0.1, 0.15) is 0 Å². The van der Waals surface area contributed by atoms with Crippen LogP contribution in [0.4, 0.5) is 0 Å². The smallest absolute Gasteiger partial charge is 0.0200 e. The van der Waals surface area contributed by atoms with Crippen molar-refractivity contribution in [2.24, 2.45) is 0 Å². The Morgan fingerprint density at radius 3 is 1.89 bits per heavy atom. The largest absolute Gasteiger partial charge is 0.0642 e. The maximum Gasteiger partial charge on any atom is 0.0200 e. The lowest BCUT2D eigenvalue weighted by atomic mass is 9.69. The first kappa shape index (κ1) is 13.9. The summed E-state index contributed by atoms with van der Waals surface area (Å²) in [4.78, 5) is 0. The Morgan fingerprint density at radius 2 is 1.32 bits per heavy atom. The molecule has 2 rings (SSSR count). The maximum atomic E-state index is 2.32. The van der Waals surface area contributed by atoms with Gasteiger partial charge in [-0.2, -0.15) is 0 Å². The van der Waals surface area contributed by atoms with Gasteiger partial charge in [-0.3, -0.25) is 0 Å². The number of hydrogen-bond donors (Lipinski definition) is 0. The van der Waals surface area contributed by atoms with Gasteiger partial charge in [-0.05, 0) is 36.0 Å². The van der Waals surface area contributed by atoms with Crippen molar-refractivity contribution in [2.75, 3.05) is 0 Å². The van der Waals surface area contributed by atoms with Gasteiger partial charge in [-0.25, -0.2) is 0 Å². The lowest BCUT2D eigenvalue weighted by Crippen LogP contribution is -2.27. The van der Waals surface area contributed by atoms with E-state index in [1.807, 2.05) is 0 Å². The highest BCUT2D eigenvalue weighted by atomic mass is 14.3. The molecule has 0 aliphatic heterocycles. The van der Waals surface area contributed by atoms with Gasteiger partial charge in [0.05, 0.1) is 0 Å². The van der Waals surface area contributed by atoms with E-state index < -0.39 is 0 Å². The molecule has 0 N–H and O–H groups in total. The zero-order chi connectivity index (χ0) is 13.7. The molecule has 0 heterocycles. The van der Waals surface area contributed by atoms with E-state index in [1.54, 1.807) is 0 Å². The molecule has 0 saturated heterocycles. The number of benzene rings is 2. The van der Waals surface area contributed by atoms with E-state index >= 15 is 0 Å². The van der Waals surface area contributed by atoms with E-state index in [0.717, 1.165) is 19.3 Å². The third kappa shape index (κ3) is 2.45. The van der Waals surface area contributed by atoms with Crippen molar-refractivity contribution in [1.29, 1.82) is 0 Å². The first-order valence-electron chi connectivity index (χ1n) is 7.42. The van der Waals surface area contributed by atoms with Gasteiger partial charge in [0.25, 0.3) is 0 Å². The second kappa shape index (κ2) is 6.06. The summed E-state index contributed by atoms with van der Waals surface area (Å²) in [6, 6.07) is 19.9. The summed E-state index contributed by atoms with van der Waals surface area (Å²) in [6.45, 7) is 6.87. The fourth-order valence-corrected chi connectivity index (χ4v) is 3.25. The number of aryl methyl sites for hydroxylation is 1. The minimum Gasteiger partial charge on any atom is -0.0642 e. The summed E-state index contributed by atoms with van der Waals surface area (Å²) < 4.78 is 0. The van der Waals surface area contributed by atoms with Gasteiger partial charge in [-0.1, -0.05) is 75.4 Å². The zero-order valence-corrected chi connectivity index (χ0v) is 12.3. The van der Waals surface area contributed by atoms with Crippen LogP contribution < -0.4 is 0 Å². The zero-order valence-electron chi connectivity index (χ0n) is 12.3. The Balaban J connectivity index is 2.63. The van der Waals surface area contributed by atoms with E-state index in [1.165, 1.54) is 16.7 Å². The van der Waals surface area contributed by atoms with E-state index in [9.17, 15) is 0 Å². The molecule has 0 amide bonds. The van der Waals surface area contributed by atoms with Gasteiger partial charge < -0.3 is 0 Å². The van der Waals surface area contributed by atoms with Gasteiger partial charge in [-0.15, -0.1) is 0 Å². The first-order chi connectivity index (χ1) is 9.28. The van der Waals surface area contributed by atoms with Crippen molar-refractivity contribution in [3.8, 4) is 0 Å². The lowest BCUT2D eigenvalue weighted by molar-refractivity contribution is 0.474. The second-order valence-corrected chi connectivity index (χ2v) is 5.17. The molecule has 0 fully saturated rings. The van der Waals surface area contributed by atoms with Crippen LogP contribution in [0.5, 0.6) is 0 Å². The Labute approximate surface area is 117 Å². The molecule has 0 nitrogen and oxygen atoms in total. The average molecular weight is 252 g/mol. The van der Waals surface area contributed by atoms with Gasteiger partial charge in [0.15, 0.2) is 0 Å². The highest BCUT2D eigenvalue weighted by Crippen LogP contribution is 2.40. The molecule has 0 unspecified atom stereocenters. The van der Waals surface area contributed by atoms with Crippen LogP contribution in [0.15, 0.2) is 54.6 Å². The summed E-state index contributed by atoms with van der Waals surface area (Å²) in [7, 11) is 0. The van der Waals surface area contributed by atoms with Crippen LogP contribution >= 0.6 is 0 Å². The molecule has 0 heteroatoms. The average Bonchev–Trinajstić information content (AvgIpc) is 2.51. The van der Waals surface area contributed by atoms with Crippen molar-refractivity contribution >= 4 is 0 Å². The normalized spacial score (nSPS) is 11.5. The van der Waals surface area contributed by atoms with Gasteiger partial charge in [0.2, 0.25) is 0 Å². The van der Waals surface area contributed by atoms with E-state index in [2.05, 4.69) is 75.4 Å². The summed E-state index contributed by atoms with van der Waals surface area (Å²) >= 11 is 0. The third-order valence-electron chi connectivity index (χ3n) is 4.45. The summed E-state index contributed by atoms with van der Waals surface area (Å²) in [5, 5.41) is 0. The minimum atomic E-state index is 0.161. The number of rotatable bonds is 5. The van der Waals surface area contributed by atoms with Crippen molar-refractivity contribution in [3.63, 3.8) is 0 Å². The van der Waals surface area contributed by atoms with Gasteiger partial charge >= 0.3 is 0 Å². The summed E-state index contributed by atoms with van der Waals surface area (Å²) in [6.07, 6.45) is 3.39. The molecule has 0 saturated carbocycles. The fourth-order valence-electron chi connectivity index (χ4n) is 3.25. The van der Waals surface area contributed by atoms with Crippen molar-refractivity contribution in [1.82, 2.24) is 0 Å². The van der Waals surface area contributed by atoms with Crippen LogP contribution in [0.1, 0.15) is 50.3 Å². The van der Waals surface area contributed by atoms with Crippen LogP contribution in [0, 0.1) is 0 Å². The molecule has 19 heavy (non-hydrogen) atoms. The van der Waals surface area contributed by atoms with Crippen LogP contribution in [-0.4, -0.2) is 0 Å². The Hall–Kier alpha value is -1.56. The monoisotopic (exact) mass is 252 g/mol. The van der Waals surface area contributed by atoms with Gasteiger partial charge in [0, 0.05) is 5.41 Å². The van der Waals surface area contributed by atoms with Crippen molar-refractivity contribution < 1.29 is 0 Å². The minimum absolute atomic E-state index is 0.161. The molecule has 0 aliphatic carbocycles. The molecule has 0 bridgehead atoms. The maximum absolute atomic E-state index is 2.32. The van der Waals surface area contributed by atoms with E-state index in [0.29, 0.717) is 0 Å². The molecule has 2 aromatic carbocycles. The van der Waals surface area contributed by atoms with Crippen LogP contribution in [-0.2, 0) is 11.8 Å². The summed E-state index contributed by atoms with van der Waals surface area (Å²) in [5.74, 6) is 0. The molecule has 0 spiro atoms. The Bertz CT molecular complexity index is 507. The van der Waals surface area contributed by atoms with E-state index in [-0.39, 0.29) is 5.41 Å². The molecular formula is C19H24. The molecule has 2 aromatic rings. The Kier molecular flexibility index (Phi) is 4.42. The molecule has 0 radical (unpaired) electrons. The highest BCUT2D eigenvalue weighted by molar-refractivity contribution is 5.43. The molecule has 0 aromatic heterocycles. The predicted molar refractivity (Wildman–Crippen MR) is 83.6 cm³/mol. The first-order valence-corrected chi connectivity index (χ1v) is 7.42. The number of hydrogen-bond acceptors (Lipinski definition) is 0. The molecule has 100 valence electrons. The topological polar surface area (TPSA) is 0 Å². The highest BCUT2D eigenvalue weighted by Gasteiger charge is 2.31. The third-order valence-corrected chi connectivity index (χ3v) is 4.45. The molecule has 0 aliphatic rings. The predicted octanol–water partition coefficient (Wildman–Crippen LogP) is 5.36. The SMILES string of the molecule is CCc1ccccc1C(CC)(CC)c1ccccc1. The van der Waals surface area contributed by atoms with Crippen LogP contribution in [0.3, 0.4) is 0 Å². The van der Waals surface area contributed by atoms with Crippen LogP contribution in [0.2, 0.25) is 0 Å². The Morgan fingerprint density at radius 1 is 0.737 bits per heavy atom. The second-order valence-electron chi connectivity index (χ2n) is 5.17. The van der Waals surface area contributed by atoms with E-state index in [4.69, 9.17) is 0 Å².